The first-order valence-corrected chi connectivity index (χ1v) is 6.98. The Labute approximate surface area is 122 Å². The summed E-state index contributed by atoms with van der Waals surface area (Å²) in [6, 6.07) is 13.5. The van der Waals surface area contributed by atoms with Gasteiger partial charge in [0.15, 0.2) is 0 Å². The van der Waals surface area contributed by atoms with E-state index in [9.17, 15) is 4.79 Å². The summed E-state index contributed by atoms with van der Waals surface area (Å²) < 4.78 is 11.0. The highest BCUT2D eigenvalue weighted by atomic mass is 16.5. The molecule has 106 valence electrons. The van der Waals surface area contributed by atoms with Crippen molar-refractivity contribution in [1.29, 1.82) is 0 Å². The zero-order valence-corrected chi connectivity index (χ0v) is 11.7. The van der Waals surface area contributed by atoms with Crippen LogP contribution < -0.4 is 14.8 Å². The van der Waals surface area contributed by atoms with Crippen molar-refractivity contribution in [1.82, 2.24) is 5.32 Å². The number of ether oxygens (including phenoxy) is 2. The maximum atomic E-state index is 12.3. The molecule has 0 bridgehead atoms. The molecule has 1 atom stereocenters. The first-order valence-electron chi connectivity index (χ1n) is 6.98. The predicted octanol–water partition coefficient (Wildman–Crippen LogP) is 2.46. The van der Waals surface area contributed by atoms with E-state index in [0.29, 0.717) is 6.61 Å². The summed E-state index contributed by atoms with van der Waals surface area (Å²) in [7, 11) is 1.63. The summed E-state index contributed by atoms with van der Waals surface area (Å²) in [6.07, 6.45) is 0.731. The van der Waals surface area contributed by atoms with Crippen LogP contribution in [0.4, 0.5) is 0 Å². The van der Waals surface area contributed by atoms with Crippen molar-refractivity contribution in [3.8, 4) is 11.5 Å². The van der Waals surface area contributed by atoms with Gasteiger partial charge in [0.2, 0.25) is 0 Å². The lowest BCUT2D eigenvalue weighted by Crippen LogP contribution is -2.44. The van der Waals surface area contributed by atoms with Crippen molar-refractivity contribution in [3.63, 3.8) is 0 Å². The fraction of sp³-hybridized carbons (Fsp3) is 0.235. The van der Waals surface area contributed by atoms with Crippen molar-refractivity contribution in [2.24, 2.45) is 0 Å². The molecule has 0 fully saturated rings. The van der Waals surface area contributed by atoms with E-state index in [2.05, 4.69) is 5.32 Å². The summed E-state index contributed by atoms with van der Waals surface area (Å²) in [5, 5.41) is 3.17. The Hall–Kier alpha value is -2.49. The van der Waals surface area contributed by atoms with E-state index in [0.717, 1.165) is 34.6 Å². The lowest BCUT2D eigenvalue weighted by atomic mass is 9.79. The molecule has 2 aliphatic heterocycles. The van der Waals surface area contributed by atoms with E-state index in [1.54, 1.807) is 7.11 Å². The average molecular weight is 281 g/mol. The smallest absolute Gasteiger partial charge is 0.252 e. The molecule has 0 saturated carbocycles. The van der Waals surface area contributed by atoms with Gasteiger partial charge in [0.1, 0.15) is 11.5 Å². The Morgan fingerprint density at radius 1 is 1.19 bits per heavy atom. The lowest BCUT2D eigenvalue weighted by molar-refractivity contribution is 0.0923. The number of carbonyl (C=O) groups is 1. The Balaban J connectivity index is 1.95. The second-order valence-electron chi connectivity index (χ2n) is 5.37. The van der Waals surface area contributed by atoms with Crippen LogP contribution in [0.15, 0.2) is 42.5 Å². The van der Waals surface area contributed by atoms with Crippen molar-refractivity contribution < 1.29 is 14.3 Å². The monoisotopic (exact) mass is 281 g/mol. The lowest BCUT2D eigenvalue weighted by Gasteiger charge is -2.36. The highest BCUT2D eigenvalue weighted by molar-refractivity contribution is 6.01. The summed E-state index contributed by atoms with van der Waals surface area (Å²) >= 11 is 0. The fourth-order valence-corrected chi connectivity index (χ4v) is 3.34. The highest BCUT2D eigenvalue weighted by Crippen LogP contribution is 2.46. The number of benzene rings is 2. The number of amides is 1. The summed E-state index contributed by atoms with van der Waals surface area (Å²) in [5.41, 5.74) is 2.30. The second kappa shape index (κ2) is 4.25. The third-order valence-electron chi connectivity index (χ3n) is 4.34. The topological polar surface area (TPSA) is 47.6 Å². The normalized spacial score (nSPS) is 22.2. The molecule has 4 nitrogen and oxygen atoms in total. The number of methoxy groups -OCH3 is 1. The van der Waals surface area contributed by atoms with Crippen LogP contribution in [0.5, 0.6) is 11.5 Å². The van der Waals surface area contributed by atoms with Crippen molar-refractivity contribution in [2.75, 3.05) is 13.7 Å². The molecule has 0 saturated heterocycles. The molecular formula is C17H15NO3. The van der Waals surface area contributed by atoms with Gasteiger partial charge in [-0.05, 0) is 23.8 Å². The second-order valence-corrected chi connectivity index (χ2v) is 5.37. The summed E-state index contributed by atoms with van der Waals surface area (Å²) in [4.78, 5) is 12.3. The van der Waals surface area contributed by atoms with Gasteiger partial charge < -0.3 is 14.8 Å². The fourth-order valence-electron chi connectivity index (χ4n) is 3.34. The average Bonchev–Trinajstić information content (AvgIpc) is 2.81. The van der Waals surface area contributed by atoms with Gasteiger partial charge in [-0.1, -0.05) is 18.2 Å². The van der Waals surface area contributed by atoms with Crippen LogP contribution >= 0.6 is 0 Å². The Kier molecular flexibility index (Phi) is 2.48. The maximum Gasteiger partial charge on any atom is 0.252 e. The van der Waals surface area contributed by atoms with Crippen LogP contribution in [0.1, 0.15) is 27.9 Å². The maximum absolute atomic E-state index is 12.3. The molecular weight excluding hydrogens is 266 g/mol. The van der Waals surface area contributed by atoms with Crippen LogP contribution in [0.3, 0.4) is 0 Å². The van der Waals surface area contributed by atoms with Gasteiger partial charge in [-0.2, -0.15) is 0 Å². The molecule has 2 aromatic rings. The van der Waals surface area contributed by atoms with Crippen molar-refractivity contribution in [2.45, 2.75) is 12.0 Å². The number of hydrogen-bond acceptors (Lipinski definition) is 3. The molecule has 1 N–H and O–H groups in total. The molecule has 1 spiro atoms. The third-order valence-corrected chi connectivity index (χ3v) is 4.34. The molecule has 1 amide bonds. The minimum Gasteiger partial charge on any atom is -0.497 e. The van der Waals surface area contributed by atoms with Crippen molar-refractivity contribution in [3.05, 3.63) is 59.2 Å². The van der Waals surface area contributed by atoms with Gasteiger partial charge in [0.05, 0.1) is 19.3 Å². The highest BCUT2D eigenvalue weighted by Gasteiger charge is 2.47. The molecule has 2 heterocycles. The van der Waals surface area contributed by atoms with E-state index in [-0.39, 0.29) is 5.91 Å². The van der Waals surface area contributed by atoms with Gasteiger partial charge in [-0.25, -0.2) is 0 Å². The number of nitrogens with one attached hydrogen (secondary N) is 1. The van der Waals surface area contributed by atoms with E-state index >= 15 is 0 Å². The van der Waals surface area contributed by atoms with E-state index < -0.39 is 5.54 Å². The zero-order chi connectivity index (χ0) is 14.4. The number of carbonyl (C=O) groups excluding carboxylic acids is 1. The molecule has 21 heavy (non-hydrogen) atoms. The summed E-state index contributed by atoms with van der Waals surface area (Å²) in [6.45, 7) is 0.564. The minimum absolute atomic E-state index is 0.0192. The SMILES string of the molecule is COc1ccc2c(c1)OCCC21NC(=O)c2ccccc21. The summed E-state index contributed by atoms with van der Waals surface area (Å²) in [5.74, 6) is 1.51. The van der Waals surface area contributed by atoms with Gasteiger partial charge in [0.25, 0.3) is 5.91 Å². The molecule has 0 aromatic heterocycles. The van der Waals surface area contributed by atoms with E-state index in [1.807, 2.05) is 42.5 Å². The number of rotatable bonds is 1. The zero-order valence-electron chi connectivity index (χ0n) is 11.7. The molecule has 0 aliphatic carbocycles. The first kappa shape index (κ1) is 12.3. The van der Waals surface area contributed by atoms with Crippen molar-refractivity contribution >= 4 is 5.91 Å². The van der Waals surface area contributed by atoms with Crippen LogP contribution in [-0.4, -0.2) is 19.6 Å². The van der Waals surface area contributed by atoms with Crippen LogP contribution in [0.2, 0.25) is 0 Å². The molecule has 4 rings (SSSR count). The molecule has 4 heteroatoms. The Morgan fingerprint density at radius 3 is 2.90 bits per heavy atom. The van der Waals surface area contributed by atoms with Gasteiger partial charge in [-0.15, -0.1) is 0 Å². The van der Waals surface area contributed by atoms with Crippen LogP contribution in [-0.2, 0) is 5.54 Å². The molecule has 1 unspecified atom stereocenters. The third kappa shape index (κ3) is 1.59. The first-order chi connectivity index (χ1) is 10.2. The van der Waals surface area contributed by atoms with Crippen LogP contribution in [0.25, 0.3) is 0 Å². The molecule has 2 aromatic carbocycles. The molecule has 0 radical (unpaired) electrons. The standard InChI is InChI=1S/C17H15NO3/c1-20-11-6-7-14-15(10-11)21-9-8-17(14)13-5-3-2-4-12(13)16(19)18-17/h2-7,10H,8-9H2,1H3,(H,18,19). The molecule has 2 aliphatic rings. The van der Waals surface area contributed by atoms with Gasteiger partial charge in [0, 0.05) is 23.6 Å². The Morgan fingerprint density at radius 2 is 2.05 bits per heavy atom. The quantitative estimate of drug-likeness (QED) is 0.873. The Bertz CT molecular complexity index is 741. The predicted molar refractivity (Wildman–Crippen MR) is 77.8 cm³/mol. The van der Waals surface area contributed by atoms with E-state index in [1.165, 1.54) is 0 Å². The van der Waals surface area contributed by atoms with Gasteiger partial charge >= 0.3 is 0 Å². The number of hydrogen-bond donors (Lipinski definition) is 1. The van der Waals surface area contributed by atoms with Gasteiger partial charge in [-0.3, -0.25) is 4.79 Å². The minimum atomic E-state index is -0.479. The van der Waals surface area contributed by atoms with E-state index in [4.69, 9.17) is 9.47 Å². The largest absolute Gasteiger partial charge is 0.497 e. The van der Waals surface area contributed by atoms with Crippen LogP contribution in [0, 0.1) is 0 Å². The number of fused-ring (bicyclic) bond motifs is 4.